The largest absolute Gasteiger partial charge is 0.369 e. The first-order valence-corrected chi connectivity index (χ1v) is 8.42. The summed E-state index contributed by atoms with van der Waals surface area (Å²) in [6.45, 7) is 4.00. The molecule has 1 saturated heterocycles. The van der Waals surface area contributed by atoms with Gasteiger partial charge >= 0.3 is 0 Å². The van der Waals surface area contributed by atoms with Crippen LogP contribution in [0.25, 0.3) is 0 Å². The molecule has 1 heterocycles. The minimum Gasteiger partial charge on any atom is -0.369 e. The van der Waals surface area contributed by atoms with Gasteiger partial charge in [-0.05, 0) is 55.7 Å². The lowest BCUT2D eigenvalue weighted by Crippen LogP contribution is -2.42. The van der Waals surface area contributed by atoms with E-state index >= 15 is 0 Å². The van der Waals surface area contributed by atoms with Crippen molar-refractivity contribution in [3.8, 4) is 0 Å². The van der Waals surface area contributed by atoms with Gasteiger partial charge in [0.05, 0.1) is 5.69 Å². The van der Waals surface area contributed by atoms with Crippen molar-refractivity contribution in [1.29, 1.82) is 0 Å². The van der Waals surface area contributed by atoms with Gasteiger partial charge < -0.3 is 10.6 Å². The van der Waals surface area contributed by atoms with Crippen LogP contribution in [0.1, 0.15) is 44.6 Å². The highest BCUT2D eigenvalue weighted by atomic mass is 19.1. The zero-order valence-corrected chi connectivity index (χ0v) is 13.0. The highest BCUT2D eigenvalue weighted by Crippen LogP contribution is 2.38. The Morgan fingerprint density at radius 1 is 1.24 bits per heavy atom. The van der Waals surface area contributed by atoms with E-state index in [0.717, 1.165) is 42.6 Å². The van der Waals surface area contributed by atoms with Gasteiger partial charge in [-0.2, -0.15) is 0 Å². The summed E-state index contributed by atoms with van der Waals surface area (Å²) < 4.78 is 14.4. The second-order valence-corrected chi connectivity index (χ2v) is 7.01. The Morgan fingerprint density at radius 3 is 2.71 bits per heavy atom. The summed E-state index contributed by atoms with van der Waals surface area (Å²) in [4.78, 5) is 2.26. The third-order valence-electron chi connectivity index (χ3n) is 5.20. The van der Waals surface area contributed by atoms with Crippen molar-refractivity contribution in [2.45, 2.75) is 51.5 Å². The maximum Gasteiger partial charge on any atom is 0.146 e. The molecule has 1 aliphatic carbocycles. The number of rotatable bonds is 3. The van der Waals surface area contributed by atoms with Crippen LogP contribution in [-0.4, -0.2) is 19.1 Å². The SMILES string of the molecule is CC(N)Cc1ccc(N2CCC3CCCCC3C2)c(F)c1. The Balaban J connectivity index is 1.71. The van der Waals surface area contributed by atoms with Crippen molar-refractivity contribution in [3.05, 3.63) is 29.6 Å². The molecule has 21 heavy (non-hydrogen) atoms. The van der Waals surface area contributed by atoms with E-state index in [1.165, 1.54) is 32.1 Å². The van der Waals surface area contributed by atoms with Crippen LogP contribution in [0.3, 0.4) is 0 Å². The monoisotopic (exact) mass is 290 g/mol. The molecule has 3 atom stereocenters. The zero-order chi connectivity index (χ0) is 14.8. The van der Waals surface area contributed by atoms with E-state index < -0.39 is 0 Å². The first kappa shape index (κ1) is 14.8. The summed E-state index contributed by atoms with van der Waals surface area (Å²) in [6, 6.07) is 5.74. The van der Waals surface area contributed by atoms with Gasteiger partial charge in [-0.15, -0.1) is 0 Å². The van der Waals surface area contributed by atoms with Gasteiger partial charge in [-0.25, -0.2) is 4.39 Å². The molecule has 0 bridgehead atoms. The lowest BCUT2D eigenvalue weighted by molar-refractivity contribution is 0.202. The number of halogens is 1. The smallest absolute Gasteiger partial charge is 0.146 e. The first-order chi connectivity index (χ1) is 10.1. The van der Waals surface area contributed by atoms with E-state index in [1.807, 2.05) is 19.1 Å². The van der Waals surface area contributed by atoms with Crippen molar-refractivity contribution in [2.24, 2.45) is 17.6 Å². The van der Waals surface area contributed by atoms with Gasteiger partial charge in [0.1, 0.15) is 5.82 Å². The Kier molecular flexibility index (Phi) is 4.48. The lowest BCUT2D eigenvalue weighted by Gasteiger charge is -2.42. The Morgan fingerprint density at radius 2 is 2.00 bits per heavy atom. The van der Waals surface area contributed by atoms with Crippen LogP contribution in [0.5, 0.6) is 0 Å². The molecule has 2 fully saturated rings. The molecule has 2 N–H and O–H groups in total. The zero-order valence-electron chi connectivity index (χ0n) is 13.0. The third kappa shape index (κ3) is 3.39. The molecular weight excluding hydrogens is 263 g/mol. The fourth-order valence-electron chi connectivity index (χ4n) is 4.13. The molecule has 116 valence electrons. The number of benzene rings is 1. The van der Waals surface area contributed by atoms with Gasteiger partial charge in [0.2, 0.25) is 0 Å². The van der Waals surface area contributed by atoms with E-state index in [0.29, 0.717) is 0 Å². The van der Waals surface area contributed by atoms with Crippen LogP contribution in [-0.2, 0) is 6.42 Å². The fraction of sp³-hybridized carbons (Fsp3) is 0.667. The highest BCUT2D eigenvalue weighted by molar-refractivity contribution is 5.49. The lowest BCUT2D eigenvalue weighted by atomic mass is 9.75. The molecule has 0 aromatic heterocycles. The van der Waals surface area contributed by atoms with Crippen LogP contribution in [0.2, 0.25) is 0 Å². The normalized spacial score (nSPS) is 27.3. The number of fused-ring (bicyclic) bond motifs is 1. The number of nitrogens with zero attached hydrogens (tertiary/aromatic N) is 1. The fourth-order valence-corrected chi connectivity index (χ4v) is 4.13. The van der Waals surface area contributed by atoms with Crippen molar-refractivity contribution in [3.63, 3.8) is 0 Å². The highest BCUT2D eigenvalue weighted by Gasteiger charge is 2.31. The molecule has 1 aromatic carbocycles. The quantitative estimate of drug-likeness (QED) is 0.919. The summed E-state index contributed by atoms with van der Waals surface area (Å²) in [7, 11) is 0. The predicted octanol–water partition coefficient (Wildman–Crippen LogP) is 3.73. The summed E-state index contributed by atoms with van der Waals surface area (Å²) >= 11 is 0. The molecule has 1 aliphatic heterocycles. The van der Waals surface area contributed by atoms with Crippen LogP contribution in [0.15, 0.2) is 18.2 Å². The van der Waals surface area contributed by atoms with Gasteiger partial charge in [0.15, 0.2) is 0 Å². The average Bonchev–Trinajstić information content (AvgIpc) is 2.46. The van der Waals surface area contributed by atoms with Crippen molar-refractivity contribution >= 4 is 5.69 Å². The molecule has 1 aromatic rings. The Bertz CT molecular complexity index is 486. The number of hydrogen-bond acceptors (Lipinski definition) is 2. The number of piperidine rings is 1. The molecule has 1 saturated carbocycles. The maximum atomic E-state index is 14.4. The van der Waals surface area contributed by atoms with Gasteiger partial charge in [-0.3, -0.25) is 0 Å². The van der Waals surface area contributed by atoms with E-state index in [9.17, 15) is 4.39 Å². The van der Waals surface area contributed by atoms with Crippen LogP contribution in [0, 0.1) is 17.7 Å². The molecule has 2 nitrogen and oxygen atoms in total. The summed E-state index contributed by atoms with van der Waals surface area (Å²) in [5.74, 6) is 1.58. The van der Waals surface area contributed by atoms with Crippen LogP contribution < -0.4 is 10.6 Å². The second-order valence-electron chi connectivity index (χ2n) is 7.01. The summed E-state index contributed by atoms with van der Waals surface area (Å²) in [6.07, 6.45) is 7.42. The van der Waals surface area contributed by atoms with E-state index in [1.54, 1.807) is 6.07 Å². The molecular formula is C18H27FN2. The van der Waals surface area contributed by atoms with Gasteiger partial charge in [-0.1, -0.05) is 25.3 Å². The Labute approximate surface area is 127 Å². The predicted molar refractivity (Wildman–Crippen MR) is 86.0 cm³/mol. The van der Waals surface area contributed by atoms with Crippen molar-refractivity contribution in [2.75, 3.05) is 18.0 Å². The van der Waals surface area contributed by atoms with Crippen LogP contribution >= 0.6 is 0 Å². The number of nitrogens with two attached hydrogens (primary N) is 1. The van der Waals surface area contributed by atoms with Crippen LogP contribution in [0.4, 0.5) is 10.1 Å². The number of hydrogen-bond donors (Lipinski definition) is 1. The molecule has 2 aliphatic rings. The minimum atomic E-state index is -0.0811. The van der Waals surface area contributed by atoms with Gasteiger partial charge in [0.25, 0.3) is 0 Å². The van der Waals surface area contributed by atoms with Gasteiger partial charge in [0, 0.05) is 19.1 Å². The topological polar surface area (TPSA) is 29.3 Å². The average molecular weight is 290 g/mol. The maximum absolute atomic E-state index is 14.4. The summed E-state index contributed by atoms with van der Waals surface area (Å²) in [5.41, 5.74) is 7.58. The standard InChI is InChI=1S/C18H27FN2/c1-13(20)10-14-6-7-18(17(19)11-14)21-9-8-15-4-2-3-5-16(15)12-21/h6-7,11,13,15-16H,2-5,8-10,12,20H2,1H3. The van der Waals surface area contributed by atoms with Crippen molar-refractivity contribution in [1.82, 2.24) is 0 Å². The molecule has 0 amide bonds. The van der Waals surface area contributed by atoms with E-state index in [2.05, 4.69) is 4.90 Å². The molecule has 3 unspecified atom stereocenters. The first-order valence-electron chi connectivity index (χ1n) is 8.42. The molecule has 3 rings (SSSR count). The molecule has 0 spiro atoms. The Hall–Kier alpha value is -1.09. The summed E-state index contributed by atoms with van der Waals surface area (Å²) in [5, 5.41) is 0. The second kappa shape index (κ2) is 6.35. The van der Waals surface area contributed by atoms with E-state index in [-0.39, 0.29) is 11.9 Å². The molecule has 3 heteroatoms. The minimum absolute atomic E-state index is 0.0771. The number of anilines is 1. The van der Waals surface area contributed by atoms with Crippen molar-refractivity contribution < 1.29 is 4.39 Å². The van der Waals surface area contributed by atoms with E-state index in [4.69, 9.17) is 5.73 Å². The third-order valence-corrected chi connectivity index (χ3v) is 5.20. The molecule has 0 radical (unpaired) electrons.